The van der Waals surface area contributed by atoms with Crippen LogP contribution in [0.4, 0.5) is 5.69 Å². The quantitative estimate of drug-likeness (QED) is 0.167. The van der Waals surface area contributed by atoms with Crippen molar-refractivity contribution in [2.45, 2.75) is 0 Å². The molecule has 7 nitrogen and oxygen atoms in total. The van der Waals surface area contributed by atoms with Gasteiger partial charge in [-0.1, -0.05) is 52.3 Å². The summed E-state index contributed by atoms with van der Waals surface area (Å²) in [5.41, 5.74) is 2.28. The van der Waals surface area contributed by atoms with Crippen LogP contribution < -0.4 is 15.7 Å². The molecule has 0 fully saturated rings. The Balaban J connectivity index is 1.38. The lowest BCUT2D eigenvalue weighted by Crippen LogP contribution is -2.20. The van der Waals surface area contributed by atoms with Crippen molar-refractivity contribution in [1.82, 2.24) is 4.98 Å². The lowest BCUT2D eigenvalue weighted by molar-refractivity contribution is -0.118. The summed E-state index contributed by atoms with van der Waals surface area (Å²) in [5, 5.41) is 15.6. The van der Waals surface area contributed by atoms with Crippen LogP contribution in [0.1, 0.15) is 10.6 Å². The number of nitrogens with one attached hydrogen (secondary N) is 1. The van der Waals surface area contributed by atoms with E-state index in [1.165, 1.54) is 11.3 Å². The van der Waals surface area contributed by atoms with Crippen LogP contribution in [0.3, 0.4) is 0 Å². The summed E-state index contributed by atoms with van der Waals surface area (Å²) in [6.07, 6.45) is 1.65. The molecule has 0 bridgehead atoms. The van der Waals surface area contributed by atoms with E-state index in [4.69, 9.17) is 9.15 Å². The molecule has 2 heterocycles. The summed E-state index contributed by atoms with van der Waals surface area (Å²) >= 11 is 4.67. The fraction of sp³-hybridized carbons (Fsp3) is 0.0345. The Bertz CT molecular complexity index is 1770. The number of rotatable bonds is 7. The van der Waals surface area contributed by atoms with Crippen molar-refractivity contribution in [1.29, 1.82) is 5.26 Å². The van der Waals surface area contributed by atoms with Crippen LogP contribution in [-0.2, 0) is 4.79 Å². The molecular formula is C29H18BrN3O4S. The van der Waals surface area contributed by atoms with Gasteiger partial charge in [0, 0.05) is 26.5 Å². The van der Waals surface area contributed by atoms with Gasteiger partial charge in [0.1, 0.15) is 22.4 Å². The number of nitriles is 1. The molecule has 3 aromatic carbocycles. The number of para-hydroxylation sites is 2. The van der Waals surface area contributed by atoms with E-state index in [0.29, 0.717) is 44.4 Å². The van der Waals surface area contributed by atoms with Crippen LogP contribution in [0.5, 0.6) is 5.75 Å². The molecule has 0 atom stereocenters. The number of nitrogens with zero attached hydrogens (tertiary/aromatic N) is 2. The number of aromatic nitrogens is 1. The molecule has 0 spiro atoms. The highest BCUT2D eigenvalue weighted by molar-refractivity contribution is 9.10. The zero-order valence-electron chi connectivity index (χ0n) is 19.7. The average molecular weight is 584 g/mol. The van der Waals surface area contributed by atoms with Crippen molar-refractivity contribution >= 4 is 61.5 Å². The molecule has 5 aromatic rings. The number of thiazole rings is 1. The number of allylic oxidation sites excluding steroid dienone is 1. The fourth-order valence-electron chi connectivity index (χ4n) is 3.68. The molecule has 0 radical (unpaired) electrons. The summed E-state index contributed by atoms with van der Waals surface area (Å²) in [7, 11) is 0. The lowest BCUT2D eigenvalue weighted by atomic mass is 10.1. The van der Waals surface area contributed by atoms with Gasteiger partial charge in [-0.15, -0.1) is 11.3 Å². The molecule has 0 aliphatic rings. The lowest BCUT2D eigenvalue weighted by Gasteiger charge is -2.10. The van der Waals surface area contributed by atoms with E-state index in [-0.39, 0.29) is 12.5 Å². The second-order valence-corrected chi connectivity index (χ2v) is 9.85. The molecule has 5 rings (SSSR count). The number of ether oxygens (including phenoxy) is 1. The van der Waals surface area contributed by atoms with Gasteiger partial charge in [-0.25, -0.2) is 9.78 Å². The minimum Gasteiger partial charge on any atom is -0.483 e. The molecule has 0 unspecified atom stereocenters. The Morgan fingerprint density at radius 3 is 2.71 bits per heavy atom. The van der Waals surface area contributed by atoms with Crippen LogP contribution in [0, 0.1) is 11.3 Å². The van der Waals surface area contributed by atoms with Crippen molar-refractivity contribution in [3.05, 3.63) is 110 Å². The third kappa shape index (κ3) is 5.72. The molecule has 0 aliphatic heterocycles. The molecule has 9 heteroatoms. The van der Waals surface area contributed by atoms with Gasteiger partial charge >= 0.3 is 5.63 Å². The van der Waals surface area contributed by atoms with Gasteiger partial charge in [-0.2, -0.15) is 5.26 Å². The first-order valence-electron chi connectivity index (χ1n) is 11.4. The second-order valence-electron chi connectivity index (χ2n) is 8.08. The highest BCUT2D eigenvalue weighted by atomic mass is 79.9. The molecule has 0 saturated carbocycles. The Hall–Kier alpha value is -4.52. The molecule has 38 heavy (non-hydrogen) atoms. The Labute approximate surface area is 229 Å². The van der Waals surface area contributed by atoms with Crippen LogP contribution in [0.2, 0.25) is 0 Å². The summed E-state index contributed by atoms with van der Waals surface area (Å²) in [6.45, 7) is -0.198. The minimum atomic E-state index is -0.508. The van der Waals surface area contributed by atoms with Crippen molar-refractivity contribution in [3.63, 3.8) is 0 Å². The number of benzene rings is 3. The monoisotopic (exact) mass is 583 g/mol. The fourth-order valence-corrected chi connectivity index (χ4v) is 4.85. The summed E-state index contributed by atoms with van der Waals surface area (Å²) in [4.78, 5) is 29.5. The zero-order chi connectivity index (χ0) is 26.5. The topological polar surface area (TPSA) is 105 Å². The third-order valence-corrected chi connectivity index (χ3v) is 6.83. The van der Waals surface area contributed by atoms with E-state index in [9.17, 15) is 14.9 Å². The van der Waals surface area contributed by atoms with E-state index in [1.54, 1.807) is 60.0 Å². The average Bonchev–Trinajstić information content (AvgIpc) is 3.41. The Morgan fingerprint density at radius 2 is 1.89 bits per heavy atom. The van der Waals surface area contributed by atoms with Crippen LogP contribution in [0.25, 0.3) is 33.9 Å². The van der Waals surface area contributed by atoms with E-state index >= 15 is 0 Å². The van der Waals surface area contributed by atoms with E-state index in [2.05, 4.69) is 32.3 Å². The van der Waals surface area contributed by atoms with Crippen molar-refractivity contribution in [3.8, 4) is 23.1 Å². The molecule has 186 valence electrons. The van der Waals surface area contributed by atoms with Crippen LogP contribution in [0.15, 0.2) is 97.9 Å². The predicted octanol–water partition coefficient (Wildman–Crippen LogP) is 6.76. The molecule has 1 amide bonds. The van der Waals surface area contributed by atoms with Gasteiger partial charge in [0.15, 0.2) is 6.61 Å². The number of fused-ring (bicyclic) bond motifs is 1. The minimum absolute atomic E-state index is 0.198. The van der Waals surface area contributed by atoms with Gasteiger partial charge < -0.3 is 14.5 Å². The molecule has 1 N–H and O–H groups in total. The number of anilines is 1. The molecule has 2 aromatic heterocycles. The summed E-state index contributed by atoms with van der Waals surface area (Å²) in [5.74, 6) is 0.141. The first-order chi connectivity index (χ1) is 18.5. The summed E-state index contributed by atoms with van der Waals surface area (Å²) in [6, 6.07) is 25.5. The van der Waals surface area contributed by atoms with Gasteiger partial charge in [0.25, 0.3) is 5.91 Å². The first-order valence-corrected chi connectivity index (χ1v) is 13.1. The number of carbonyl (C=O) groups is 1. The van der Waals surface area contributed by atoms with Gasteiger partial charge in [0.2, 0.25) is 0 Å². The maximum Gasteiger partial charge on any atom is 0.345 e. The van der Waals surface area contributed by atoms with E-state index < -0.39 is 5.63 Å². The SMILES string of the molecule is N#C/C(=C\c1ccccc1OCC(=O)Nc1ccccc1)c1nc(-c2cc3cc(Br)ccc3oc2=O)cs1. The van der Waals surface area contributed by atoms with Crippen LogP contribution >= 0.6 is 27.3 Å². The number of amides is 1. The second kappa shape index (κ2) is 11.3. The number of carbonyl (C=O) groups excluding carboxylic acids is 1. The molecule has 0 aliphatic carbocycles. The highest BCUT2D eigenvalue weighted by Crippen LogP contribution is 2.30. The number of hydrogen-bond donors (Lipinski definition) is 1. The maximum absolute atomic E-state index is 12.6. The smallest absolute Gasteiger partial charge is 0.345 e. The standard InChI is InChI=1S/C29H18BrN3O4S/c30-21-10-11-26-19(13-21)14-23(29(35)37-26)24-17-38-28(33-24)20(15-31)12-18-6-4-5-9-25(18)36-16-27(34)32-22-7-2-1-3-8-22/h1-14,17H,16H2,(H,32,34)/b20-12+. The third-order valence-electron chi connectivity index (χ3n) is 5.46. The number of halogens is 1. The zero-order valence-corrected chi connectivity index (χ0v) is 22.1. The van der Waals surface area contributed by atoms with E-state index in [1.807, 2.05) is 30.3 Å². The Morgan fingerprint density at radius 1 is 1.11 bits per heavy atom. The van der Waals surface area contributed by atoms with Gasteiger partial charge in [-0.3, -0.25) is 4.79 Å². The van der Waals surface area contributed by atoms with E-state index in [0.717, 1.165) is 9.86 Å². The van der Waals surface area contributed by atoms with Crippen LogP contribution in [-0.4, -0.2) is 17.5 Å². The molecular weight excluding hydrogens is 566 g/mol. The summed E-state index contributed by atoms with van der Waals surface area (Å²) < 4.78 is 12.1. The van der Waals surface area contributed by atoms with Crippen molar-refractivity contribution in [2.24, 2.45) is 0 Å². The predicted molar refractivity (Wildman–Crippen MR) is 152 cm³/mol. The van der Waals surface area contributed by atoms with Crippen molar-refractivity contribution in [2.75, 3.05) is 11.9 Å². The number of hydrogen-bond acceptors (Lipinski definition) is 7. The highest BCUT2D eigenvalue weighted by Gasteiger charge is 2.15. The Kier molecular flexibility index (Phi) is 7.45. The van der Waals surface area contributed by atoms with Gasteiger partial charge in [-0.05, 0) is 48.5 Å². The maximum atomic E-state index is 12.6. The normalized spacial score (nSPS) is 11.2. The van der Waals surface area contributed by atoms with Crippen molar-refractivity contribution < 1.29 is 13.9 Å². The molecule has 0 saturated heterocycles. The first kappa shape index (κ1) is 25.1. The van der Waals surface area contributed by atoms with Gasteiger partial charge in [0.05, 0.1) is 16.8 Å². The largest absolute Gasteiger partial charge is 0.483 e.